The molecule has 1 N–H and O–H groups in total. The number of aromatic nitrogens is 1. The molecule has 0 saturated heterocycles. The van der Waals surface area contributed by atoms with Crippen molar-refractivity contribution in [2.45, 2.75) is 24.8 Å². The van der Waals surface area contributed by atoms with Gasteiger partial charge in [-0.15, -0.1) is 23.1 Å². The van der Waals surface area contributed by atoms with Crippen molar-refractivity contribution in [2.24, 2.45) is 0 Å². The van der Waals surface area contributed by atoms with Crippen LogP contribution in [0.2, 0.25) is 0 Å². The van der Waals surface area contributed by atoms with Gasteiger partial charge in [0.05, 0.1) is 12.1 Å². The predicted octanol–water partition coefficient (Wildman–Crippen LogP) is 3.47. The summed E-state index contributed by atoms with van der Waals surface area (Å²) in [4.78, 5) is 27.6. The van der Waals surface area contributed by atoms with Gasteiger partial charge in [0.25, 0.3) is 0 Å². The molecule has 1 aromatic heterocycles. The van der Waals surface area contributed by atoms with Crippen LogP contribution in [0.4, 0.5) is 9.52 Å². The van der Waals surface area contributed by atoms with Crippen LogP contribution in [-0.2, 0) is 20.9 Å². The lowest BCUT2D eigenvalue weighted by Gasteiger charge is -2.03. The summed E-state index contributed by atoms with van der Waals surface area (Å²) in [5.41, 5.74) is 0.596. The highest BCUT2D eigenvalue weighted by atomic mass is 32.2. The smallest absolute Gasteiger partial charge is 0.307 e. The molecule has 0 bridgehead atoms. The van der Waals surface area contributed by atoms with Crippen molar-refractivity contribution in [1.82, 2.24) is 4.98 Å². The minimum atomic E-state index is -0.325. The van der Waals surface area contributed by atoms with Crippen LogP contribution in [0.25, 0.3) is 0 Å². The van der Waals surface area contributed by atoms with Gasteiger partial charge in [-0.3, -0.25) is 9.59 Å². The fourth-order valence-electron chi connectivity index (χ4n) is 1.59. The number of thioether (sulfide) groups is 1. The maximum Gasteiger partial charge on any atom is 0.307 e. The zero-order valence-electron chi connectivity index (χ0n) is 12.4. The van der Waals surface area contributed by atoms with Gasteiger partial charge in [-0.25, -0.2) is 9.37 Å². The Labute approximate surface area is 141 Å². The summed E-state index contributed by atoms with van der Waals surface area (Å²) in [7, 11) is 0. The third-order valence-electron chi connectivity index (χ3n) is 2.60. The number of ether oxygens (including phenoxy) is 1. The molecule has 122 valence electrons. The molecular formula is C15H15FN2O3S2. The van der Waals surface area contributed by atoms with Gasteiger partial charge in [0, 0.05) is 23.0 Å². The first-order chi connectivity index (χ1) is 11.0. The summed E-state index contributed by atoms with van der Waals surface area (Å²) in [6, 6.07) is 6.11. The first-order valence-electron chi connectivity index (χ1n) is 6.79. The lowest BCUT2D eigenvalue weighted by Crippen LogP contribution is -2.07. The number of hydrogen-bond acceptors (Lipinski definition) is 6. The molecule has 0 atom stereocenters. The molecule has 0 aliphatic carbocycles. The van der Waals surface area contributed by atoms with E-state index in [0.717, 1.165) is 4.90 Å². The summed E-state index contributed by atoms with van der Waals surface area (Å²) < 4.78 is 17.9. The first kappa shape index (κ1) is 17.4. The van der Waals surface area contributed by atoms with Crippen LogP contribution in [0.1, 0.15) is 19.0 Å². The molecule has 1 amide bonds. The number of carbonyl (C=O) groups excluding carboxylic acids is 2. The monoisotopic (exact) mass is 354 g/mol. The van der Waals surface area contributed by atoms with Gasteiger partial charge >= 0.3 is 5.97 Å². The van der Waals surface area contributed by atoms with Gasteiger partial charge in [-0.1, -0.05) is 0 Å². The number of hydrogen-bond donors (Lipinski definition) is 1. The van der Waals surface area contributed by atoms with Crippen LogP contribution in [0.15, 0.2) is 34.5 Å². The van der Waals surface area contributed by atoms with Crippen LogP contribution >= 0.6 is 23.1 Å². The van der Waals surface area contributed by atoms with E-state index in [9.17, 15) is 14.0 Å². The van der Waals surface area contributed by atoms with Crippen molar-refractivity contribution >= 4 is 40.1 Å². The fourth-order valence-corrected chi connectivity index (χ4v) is 3.16. The number of esters is 1. The van der Waals surface area contributed by atoms with E-state index in [1.165, 1.54) is 42.2 Å². The minimum absolute atomic E-state index is 0.0795. The number of anilines is 1. The van der Waals surface area contributed by atoms with Crippen molar-refractivity contribution in [3.8, 4) is 0 Å². The molecule has 0 radical (unpaired) electrons. The number of rotatable bonds is 7. The number of carbonyl (C=O) groups is 2. The number of halogens is 1. The maximum atomic E-state index is 12.8. The summed E-state index contributed by atoms with van der Waals surface area (Å²) in [6.45, 7) is 1.48. The minimum Gasteiger partial charge on any atom is -0.459 e. The SMILES string of the molecule is CC(=O)Nc1nc(COC(=O)CCSc2ccc(F)cc2)cs1. The Kier molecular flexibility index (Phi) is 6.54. The van der Waals surface area contributed by atoms with E-state index >= 15 is 0 Å². The molecule has 0 aliphatic heterocycles. The predicted molar refractivity (Wildman–Crippen MR) is 88.0 cm³/mol. The second-order valence-corrected chi connectivity index (χ2v) is 6.56. The van der Waals surface area contributed by atoms with Gasteiger partial charge in [0.2, 0.25) is 5.91 Å². The summed E-state index contributed by atoms with van der Waals surface area (Å²) in [6.07, 6.45) is 0.255. The lowest BCUT2D eigenvalue weighted by molar-refractivity contribution is -0.144. The lowest BCUT2D eigenvalue weighted by atomic mass is 10.4. The summed E-state index contributed by atoms with van der Waals surface area (Å²) in [5, 5.41) is 4.78. The van der Waals surface area contributed by atoms with Crippen molar-refractivity contribution < 1.29 is 18.7 Å². The summed E-state index contributed by atoms with van der Waals surface area (Å²) >= 11 is 2.74. The largest absolute Gasteiger partial charge is 0.459 e. The molecule has 1 heterocycles. The van der Waals surface area contributed by atoms with Gasteiger partial charge in [0.1, 0.15) is 12.4 Å². The second-order valence-electron chi connectivity index (χ2n) is 4.54. The highest BCUT2D eigenvalue weighted by molar-refractivity contribution is 7.99. The number of nitrogens with one attached hydrogen (secondary N) is 1. The molecule has 0 fully saturated rings. The molecule has 2 rings (SSSR count). The zero-order chi connectivity index (χ0) is 16.7. The molecule has 1 aromatic carbocycles. The Morgan fingerprint density at radius 1 is 1.35 bits per heavy atom. The molecule has 0 unspecified atom stereocenters. The molecule has 23 heavy (non-hydrogen) atoms. The number of nitrogens with zero attached hydrogens (tertiary/aromatic N) is 1. The van der Waals surface area contributed by atoms with Crippen molar-refractivity contribution in [3.63, 3.8) is 0 Å². The van der Waals surface area contributed by atoms with E-state index in [-0.39, 0.29) is 30.7 Å². The standard InChI is InChI=1S/C15H15FN2O3S2/c1-10(19)17-15-18-12(9-23-15)8-21-14(20)6-7-22-13-4-2-11(16)3-5-13/h2-5,9H,6-8H2,1H3,(H,17,18,19). The van der Waals surface area contributed by atoms with Gasteiger partial charge in [-0.2, -0.15) is 0 Å². The van der Waals surface area contributed by atoms with Gasteiger partial charge < -0.3 is 10.1 Å². The van der Waals surface area contributed by atoms with Gasteiger partial charge in [0.15, 0.2) is 5.13 Å². The second kappa shape index (κ2) is 8.64. The normalized spacial score (nSPS) is 10.3. The van der Waals surface area contributed by atoms with E-state index in [1.54, 1.807) is 17.5 Å². The first-order valence-corrected chi connectivity index (χ1v) is 8.65. The van der Waals surface area contributed by atoms with Gasteiger partial charge in [-0.05, 0) is 24.3 Å². The Bertz CT molecular complexity index is 674. The van der Waals surface area contributed by atoms with Crippen LogP contribution in [0.5, 0.6) is 0 Å². The average Bonchev–Trinajstić information content (AvgIpc) is 2.94. The molecule has 8 heteroatoms. The Hall–Kier alpha value is -1.93. The quantitative estimate of drug-likeness (QED) is 0.609. The van der Waals surface area contributed by atoms with E-state index in [0.29, 0.717) is 16.6 Å². The molecule has 2 aromatic rings. The topological polar surface area (TPSA) is 68.3 Å². The van der Waals surface area contributed by atoms with Crippen molar-refractivity contribution in [1.29, 1.82) is 0 Å². The Morgan fingerprint density at radius 3 is 2.78 bits per heavy atom. The van der Waals surface area contributed by atoms with Crippen molar-refractivity contribution in [2.75, 3.05) is 11.1 Å². The molecule has 0 aliphatic rings. The highest BCUT2D eigenvalue weighted by Crippen LogP contribution is 2.19. The van der Waals surface area contributed by atoms with Crippen LogP contribution in [0, 0.1) is 5.82 Å². The van der Waals surface area contributed by atoms with E-state index in [4.69, 9.17) is 4.74 Å². The third-order valence-corrected chi connectivity index (χ3v) is 4.42. The number of benzene rings is 1. The maximum absolute atomic E-state index is 12.8. The number of thiazole rings is 1. The van der Waals surface area contributed by atoms with E-state index in [1.807, 2.05) is 0 Å². The molecule has 0 spiro atoms. The van der Waals surface area contributed by atoms with Crippen molar-refractivity contribution in [3.05, 3.63) is 41.2 Å². The third kappa shape index (κ3) is 6.37. The fraction of sp³-hybridized carbons (Fsp3) is 0.267. The van der Waals surface area contributed by atoms with Crippen LogP contribution in [-0.4, -0.2) is 22.6 Å². The molecular weight excluding hydrogens is 339 g/mol. The van der Waals surface area contributed by atoms with Crippen LogP contribution < -0.4 is 5.32 Å². The molecule has 0 saturated carbocycles. The van der Waals surface area contributed by atoms with Crippen LogP contribution in [0.3, 0.4) is 0 Å². The number of amides is 1. The average molecular weight is 354 g/mol. The van der Waals surface area contributed by atoms with E-state index in [2.05, 4.69) is 10.3 Å². The Balaban J connectivity index is 1.67. The van der Waals surface area contributed by atoms with E-state index < -0.39 is 0 Å². The zero-order valence-corrected chi connectivity index (χ0v) is 14.0. The molecule has 5 nitrogen and oxygen atoms in total. The highest BCUT2D eigenvalue weighted by Gasteiger charge is 2.07. The summed E-state index contributed by atoms with van der Waals surface area (Å²) in [5.74, 6) is -0.247. The Morgan fingerprint density at radius 2 is 2.09 bits per heavy atom.